The fourth-order valence-electron chi connectivity index (χ4n) is 1.09. The molecule has 0 radical (unpaired) electrons. The van der Waals surface area contributed by atoms with Gasteiger partial charge in [0.15, 0.2) is 0 Å². The van der Waals surface area contributed by atoms with Crippen LogP contribution in [0.25, 0.3) is 10.8 Å². The van der Waals surface area contributed by atoms with Crippen LogP contribution in [-0.2, 0) is 0 Å². The molecule has 0 unspecified atom stereocenters. The van der Waals surface area contributed by atoms with Crippen molar-refractivity contribution in [3.63, 3.8) is 0 Å². The summed E-state index contributed by atoms with van der Waals surface area (Å²) in [4.78, 5) is 3.52. The van der Waals surface area contributed by atoms with E-state index in [1.807, 2.05) is 0 Å². The molecule has 60 valence electrons. The van der Waals surface area contributed by atoms with E-state index in [1.165, 1.54) is 12.3 Å². The van der Waals surface area contributed by atoms with Gasteiger partial charge < -0.3 is 0 Å². The standard InChI is InChI=1S/C9H5ClFN/c10-8-2-1-6-4-9(11)12-5-7(6)3-8/h1-5H. The molecule has 2 aromatic rings. The molecule has 1 aromatic heterocycles. The number of fused-ring (bicyclic) bond motifs is 1. The van der Waals surface area contributed by atoms with Gasteiger partial charge in [0, 0.05) is 22.7 Å². The lowest BCUT2D eigenvalue weighted by Gasteiger charge is -1.96. The molecule has 0 bridgehead atoms. The van der Waals surface area contributed by atoms with Crippen molar-refractivity contribution in [2.75, 3.05) is 0 Å². The Morgan fingerprint density at radius 2 is 2.00 bits per heavy atom. The number of benzene rings is 1. The van der Waals surface area contributed by atoms with Gasteiger partial charge in [0.25, 0.3) is 0 Å². The zero-order valence-corrected chi connectivity index (χ0v) is 6.85. The topological polar surface area (TPSA) is 12.9 Å². The minimum atomic E-state index is -0.468. The third-order valence-corrected chi connectivity index (χ3v) is 1.89. The summed E-state index contributed by atoms with van der Waals surface area (Å²) in [5, 5.41) is 2.30. The van der Waals surface area contributed by atoms with Gasteiger partial charge in [-0.15, -0.1) is 0 Å². The highest BCUT2D eigenvalue weighted by molar-refractivity contribution is 6.31. The van der Waals surface area contributed by atoms with Crippen LogP contribution in [0.4, 0.5) is 4.39 Å². The maximum Gasteiger partial charge on any atom is 0.213 e. The van der Waals surface area contributed by atoms with Gasteiger partial charge in [-0.2, -0.15) is 4.39 Å². The molecule has 0 atom stereocenters. The molecular weight excluding hydrogens is 177 g/mol. The third kappa shape index (κ3) is 1.25. The summed E-state index contributed by atoms with van der Waals surface area (Å²) in [5.41, 5.74) is 0. The van der Waals surface area contributed by atoms with Crippen molar-refractivity contribution < 1.29 is 4.39 Å². The van der Waals surface area contributed by atoms with E-state index >= 15 is 0 Å². The molecule has 1 heterocycles. The van der Waals surface area contributed by atoms with E-state index in [9.17, 15) is 4.39 Å². The highest BCUT2D eigenvalue weighted by Gasteiger charge is 1.96. The Hall–Kier alpha value is -1.15. The number of hydrogen-bond donors (Lipinski definition) is 0. The van der Waals surface area contributed by atoms with E-state index in [1.54, 1.807) is 18.2 Å². The normalized spacial score (nSPS) is 10.5. The average molecular weight is 182 g/mol. The van der Waals surface area contributed by atoms with E-state index in [0.717, 1.165) is 10.8 Å². The fourth-order valence-corrected chi connectivity index (χ4v) is 1.27. The molecule has 0 fully saturated rings. The first-order valence-corrected chi connectivity index (χ1v) is 3.84. The molecule has 1 nitrogen and oxygen atoms in total. The minimum Gasteiger partial charge on any atom is -0.228 e. The van der Waals surface area contributed by atoms with E-state index < -0.39 is 5.95 Å². The average Bonchev–Trinajstić information content (AvgIpc) is 2.05. The largest absolute Gasteiger partial charge is 0.228 e. The van der Waals surface area contributed by atoms with E-state index in [2.05, 4.69) is 4.98 Å². The van der Waals surface area contributed by atoms with Gasteiger partial charge >= 0.3 is 0 Å². The number of hydrogen-bond acceptors (Lipinski definition) is 1. The van der Waals surface area contributed by atoms with Gasteiger partial charge in [0.1, 0.15) is 0 Å². The van der Waals surface area contributed by atoms with Gasteiger partial charge in [-0.3, -0.25) is 0 Å². The Labute approximate surface area is 73.8 Å². The van der Waals surface area contributed by atoms with Gasteiger partial charge in [-0.25, -0.2) is 4.98 Å². The lowest BCUT2D eigenvalue weighted by atomic mass is 10.2. The van der Waals surface area contributed by atoms with Crippen molar-refractivity contribution in [3.05, 3.63) is 41.4 Å². The number of halogens is 2. The summed E-state index contributed by atoms with van der Waals surface area (Å²) in [6.07, 6.45) is 1.47. The predicted octanol–water partition coefficient (Wildman–Crippen LogP) is 3.03. The Balaban J connectivity index is 2.79. The van der Waals surface area contributed by atoms with E-state index in [0.29, 0.717) is 5.02 Å². The van der Waals surface area contributed by atoms with E-state index in [-0.39, 0.29) is 0 Å². The molecule has 0 aliphatic carbocycles. The lowest BCUT2D eigenvalue weighted by molar-refractivity contribution is 0.586. The molecule has 2 rings (SSSR count). The van der Waals surface area contributed by atoms with Crippen molar-refractivity contribution in [1.82, 2.24) is 4.98 Å². The van der Waals surface area contributed by atoms with Gasteiger partial charge in [-0.05, 0) is 17.5 Å². The zero-order chi connectivity index (χ0) is 8.55. The van der Waals surface area contributed by atoms with Crippen LogP contribution in [0.2, 0.25) is 5.02 Å². The summed E-state index contributed by atoms with van der Waals surface area (Å²) >= 11 is 5.74. The Morgan fingerprint density at radius 1 is 1.17 bits per heavy atom. The van der Waals surface area contributed by atoms with Gasteiger partial charge in [0.05, 0.1) is 0 Å². The second-order valence-corrected chi connectivity index (χ2v) is 2.93. The van der Waals surface area contributed by atoms with Crippen molar-refractivity contribution in [1.29, 1.82) is 0 Å². The summed E-state index contributed by atoms with van der Waals surface area (Å²) in [6.45, 7) is 0. The van der Waals surface area contributed by atoms with Crippen molar-refractivity contribution in [2.45, 2.75) is 0 Å². The predicted molar refractivity (Wildman–Crippen MR) is 46.7 cm³/mol. The molecule has 0 N–H and O–H groups in total. The molecule has 12 heavy (non-hydrogen) atoms. The first kappa shape index (κ1) is 7.50. The Kier molecular flexibility index (Phi) is 1.70. The second-order valence-electron chi connectivity index (χ2n) is 2.50. The second kappa shape index (κ2) is 2.72. The fraction of sp³-hybridized carbons (Fsp3) is 0. The van der Waals surface area contributed by atoms with Gasteiger partial charge in [0.2, 0.25) is 5.95 Å². The maximum absolute atomic E-state index is 12.6. The third-order valence-electron chi connectivity index (χ3n) is 1.65. The summed E-state index contributed by atoms with van der Waals surface area (Å²) in [5.74, 6) is -0.468. The first-order chi connectivity index (χ1) is 5.75. The monoisotopic (exact) mass is 181 g/mol. The van der Waals surface area contributed by atoms with Crippen LogP contribution < -0.4 is 0 Å². The molecule has 0 aliphatic rings. The zero-order valence-electron chi connectivity index (χ0n) is 6.09. The summed E-state index contributed by atoms with van der Waals surface area (Å²) in [6, 6.07) is 6.63. The highest BCUT2D eigenvalue weighted by atomic mass is 35.5. The van der Waals surface area contributed by atoms with Crippen LogP contribution in [0.15, 0.2) is 30.5 Å². The molecule has 0 saturated carbocycles. The van der Waals surface area contributed by atoms with Crippen molar-refractivity contribution >= 4 is 22.4 Å². The van der Waals surface area contributed by atoms with Crippen LogP contribution in [0.1, 0.15) is 0 Å². The minimum absolute atomic E-state index is 0.468. The molecule has 3 heteroatoms. The van der Waals surface area contributed by atoms with Crippen LogP contribution in [0.5, 0.6) is 0 Å². The highest BCUT2D eigenvalue weighted by Crippen LogP contribution is 2.18. The van der Waals surface area contributed by atoms with Crippen LogP contribution >= 0.6 is 11.6 Å². The molecular formula is C9H5ClFN. The number of rotatable bonds is 0. The molecule has 1 aromatic carbocycles. The molecule has 0 saturated heterocycles. The lowest BCUT2D eigenvalue weighted by Crippen LogP contribution is -1.81. The summed E-state index contributed by atoms with van der Waals surface area (Å²) < 4.78 is 12.6. The number of nitrogens with zero attached hydrogens (tertiary/aromatic N) is 1. The SMILES string of the molecule is Fc1cc2ccc(Cl)cc2cn1. The maximum atomic E-state index is 12.6. The van der Waals surface area contributed by atoms with Crippen LogP contribution in [0.3, 0.4) is 0 Å². The quantitative estimate of drug-likeness (QED) is 0.570. The van der Waals surface area contributed by atoms with Crippen molar-refractivity contribution in [3.8, 4) is 0 Å². The smallest absolute Gasteiger partial charge is 0.213 e. The number of aromatic nitrogens is 1. The Morgan fingerprint density at radius 3 is 2.83 bits per heavy atom. The van der Waals surface area contributed by atoms with Crippen LogP contribution in [0, 0.1) is 5.95 Å². The number of pyridine rings is 1. The molecule has 0 aliphatic heterocycles. The van der Waals surface area contributed by atoms with E-state index in [4.69, 9.17) is 11.6 Å². The molecule has 0 spiro atoms. The molecule has 0 amide bonds. The first-order valence-electron chi connectivity index (χ1n) is 3.46. The van der Waals surface area contributed by atoms with Crippen LogP contribution in [-0.4, -0.2) is 4.98 Å². The van der Waals surface area contributed by atoms with Crippen molar-refractivity contribution in [2.24, 2.45) is 0 Å². The Bertz CT molecular complexity index is 387. The summed E-state index contributed by atoms with van der Waals surface area (Å²) in [7, 11) is 0. The van der Waals surface area contributed by atoms with Gasteiger partial charge in [-0.1, -0.05) is 17.7 Å².